The molecule has 0 atom stereocenters. The van der Waals surface area contributed by atoms with E-state index in [9.17, 15) is 0 Å². The lowest BCUT2D eigenvalue weighted by molar-refractivity contribution is 0.441. The molecule has 2 rings (SSSR count). The maximum Gasteiger partial charge on any atom is 0.240 e. The number of ether oxygens (including phenoxy) is 1. The molecule has 7 nitrogen and oxygen atoms in total. The van der Waals surface area contributed by atoms with Crippen molar-refractivity contribution in [3.8, 4) is 11.8 Å². The standard InChI is InChI=1S/C9H10N6O/c1-5-2-7(15-14-5)16-8-4-12-6(3-13-8)9(10)11/h2-4H,1H3,(H3,10,11)(H,14,15). The highest BCUT2D eigenvalue weighted by molar-refractivity contribution is 5.92. The minimum absolute atomic E-state index is 0.130. The summed E-state index contributed by atoms with van der Waals surface area (Å²) < 4.78 is 5.31. The number of aromatic nitrogens is 4. The predicted octanol–water partition coefficient (Wildman–Crippen LogP) is 0.584. The summed E-state index contributed by atoms with van der Waals surface area (Å²) in [7, 11) is 0. The van der Waals surface area contributed by atoms with Crippen molar-refractivity contribution in [2.45, 2.75) is 6.92 Å². The molecule has 0 amide bonds. The average Bonchev–Trinajstić information content (AvgIpc) is 2.65. The SMILES string of the molecule is Cc1cc(Oc2cnc(C(=N)N)cn2)n[nH]1. The molecule has 2 heterocycles. The van der Waals surface area contributed by atoms with Gasteiger partial charge in [0.15, 0.2) is 0 Å². The van der Waals surface area contributed by atoms with Crippen molar-refractivity contribution >= 4 is 5.84 Å². The number of aromatic amines is 1. The minimum Gasteiger partial charge on any atom is -0.417 e. The van der Waals surface area contributed by atoms with Gasteiger partial charge < -0.3 is 10.5 Å². The maximum atomic E-state index is 7.15. The van der Waals surface area contributed by atoms with Gasteiger partial charge in [0.05, 0.1) is 12.4 Å². The second-order valence-electron chi connectivity index (χ2n) is 3.14. The number of rotatable bonds is 3. The molecule has 82 valence electrons. The first kappa shape index (κ1) is 10.1. The van der Waals surface area contributed by atoms with Crippen LogP contribution in [0.4, 0.5) is 0 Å². The van der Waals surface area contributed by atoms with Crippen LogP contribution in [0, 0.1) is 12.3 Å². The van der Waals surface area contributed by atoms with Gasteiger partial charge in [0.25, 0.3) is 0 Å². The Morgan fingerprint density at radius 1 is 1.38 bits per heavy atom. The number of nitrogens with one attached hydrogen (secondary N) is 2. The predicted molar refractivity (Wildman–Crippen MR) is 56.4 cm³/mol. The molecule has 0 saturated heterocycles. The second kappa shape index (κ2) is 3.97. The van der Waals surface area contributed by atoms with E-state index >= 15 is 0 Å². The normalized spacial score (nSPS) is 10.1. The summed E-state index contributed by atoms with van der Waals surface area (Å²) in [5.41, 5.74) is 6.45. The lowest BCUT2D eigenvalue weighted by Crippen LogP contribution is -2.13. The van der Waals surface area contributed by atoms with Crippen molar-refractivity contribution in [2.75, 3.05) is 0 Å². The summed E-state index contributed by atoms with van der Waals surface area (Å²) in [6, 6.07) is 1.74. The Hall–Kier alpha value is -2.44. The summed E-state index contributed by atoms with van der Waals surface area (Å²) in [4.78, 5) is 7.85. The Morgan fingerprint density at radius 3 is 2.69 bits per heavy atom. The highest BCUT2D eigenvalue weighted by Crippen LogP contribution is 2.15. The Morgan fingerprint density at radius 2 is 2.19 bits per heavy atom. The monoisotopic (exact) mass is 218 g/mol. The van der Waals surface area contributed by atoms with Crippen LogP contribution in [0.5, 0.6) is 11.8 Å². The molecule has 7 heteroatoms. The molecule has 0 aliphatic carbocycles. The van der Waals surface area contributed by atoms with Gasteiger partial charge in [0.2, 0.25) is 11.8 Å². The molecule has 2 aromatic rings. The highest BCUT2D eigenvalue weighted by Gasteiger charge is 2.04. The Balaban J connectivity index is 2.14. The molecule has 0 aliphatic rings. The minimum atomic E-state index is -0.130. The smallest absolute Gasteiger partial charge is 0.240 e. The molecule has 4 N–H and O–H groups in total. The van der Waals surface area contributed by atoms with E-state index in [1.807, 2.05) is 6.92 Å². The van der Waals surface area contributed by atoms with Gasteiger partial charge in [0.1, 0.15) is 11.5 Å². The zero-order valence-electron chi connectivity index (χ0n) is 8.56. The molecule has 16 heavy (non-hydrogen) atoms. The quantitative estimate of drug-likeness (QED) is 0.515. The van der Waals surface area contributed by atoms with E-state index in [0.717, 1.165) is 5.69 Å². The van der Waals surface area contributed by atoms with Gasteiger partial charge in [-0.15, -0.1) is 5.10 Å². The van der Waals surface area contributed by atoms with E-state index < -0.39 is 0 Å². The van der Waals surface area contributed by atoms with Crippen molar-refractivity contribution in [2.24, 2.45) is 5.73 Å². The van der Waals surface area contributed by atoms with Crippen LogP contribution in [0.25, 0.3) is 0 Å². The van der Waals surface area contributed by atoms with E-state index in [0.29, 0.717) is 17.5 Å². The Kier molecular flexibility index (Phi) is 2.50. The molecule has 2 aromatic heterocycles. The summed E-state index contributed by atoms with van der Waals surface area (Å²) in [5, 5.41) is 13.8. The van der Waals surface area contributed by atoms with Gasteiger partial charge in [0, 0.05) is 11.8 Å². The summed E-state index contributed by atoms with van der Waals surface area (Å²) in [6.45, 7) is 1.87. The Labute approximate surface area is 91.2 Å². The molecule has 0 unspecified atom stereocenters. The summed E-state index contributed by atoms with van der Waals surface area (Å²) in [6.07, 6.45) is 2.76. The first-order valence-corrected chi connectivity index (χ1v) is 4.51. The average molecular weight is 218 g/mol. The number of hydrogen-bond acceptors (Lipinski definition) is 5. The van der Waals surface area contributed by atoms with Gasteiger partial charge in [-0.25, -0.2) is 9.97 Å². The van der Waals surface area contributed by atoms with Crippen molar-refractivity contribution in [3.63, 3.8) is 0 Å². The number of nitrogen functional groups attached to an aromatic ring is 1. The van der Waals surface area contributed by atoms with Crippen molar-refractivity contribution in [3.05, 3.63) is 29.8 Å². The second-order valence-corrected chi connectivity index (χ2v) is 3.14. The third-order valence-electron chi connectivity index (χ3n) is 1.80. The fourth-order valence-electron chi connectivity index (χ4n) is 1.06. The number of amidine groups is 1. The fraction of sp³-hybridized carbons (Fsp3) is 0.111. The van der Waals surface area contributed by atoms with E-state index in [-0.39, 0.29) is 5.84 Å². The molecular weight excluding hydrogens is 208 g/mol. The third kappa shape index (κ3) is 2.14. The van der Waals surface area contributed by atoms with Crippen LogP contribution in [0.15, 0.2) is 18.5 Å². The van der Waals surface area contributed by atoms with Crippen LogP contribution in [0.3, 0.4) is 0 Å². The highest BCUT2D eigenvalue weighted by atomic mass is 16.5. The van der Waals surface area contributed by atoms with Crippen LogP contribution in [0.1, 0.15) is 11.4 Å². The number of nitrogens with zero attached hydrogens (tertiary/aromatic N) is 3. The lowest BCUT2D eigenvalue weighted by Gasteiger charge is -2.00. The number of hydrogen-bond donors (Lipinski definition) is 3. The molecule has 0 spiro atoms. The van der Waals surface area contributed by atoms with Crippen LogP contribution in [0.2, 0.25) is 0 Å². The lowest BCUT2D eigenvalue weighted by atomic mass is 10.4. The van der Waals surface area contributed by atoms with Gasteiger partial charge >= 0.3 is 0 Å². The van der Waals surface area contributed by atoms with E-state index in [1.54, 1.807) is 6.07 Å². The van der Waals surface area contributed by atoms with E-state index in [1.165, 1.54) is 12.4 Å². The van der Waals surface area contributed by atoms with E-state index in [4.69, 9.17) is 15.9 Å². The van der Waals surface area contributed by atoms with Gasteiger partial charge in [-0.1, -0.05) is 0 Å². The first-order chi connectivity index (χ1) is 7.65. The van der Waals surface area contributed by atoms with E-state index in [2.05, 4.69) is 20.2 Å². The molecule has 0 fully saturated rings. The zero-order valence-corrected chi connectivity index (χ0v) is 8.56. The first-order valence-electron chi connectivity index (χ1n) is 4.51. The van der Waals surface area contributed by atoms with Crippen LogP contribution < -0.4 is 10.5 Å². The summed E-state index contributed by atoms with van der Waals surface area (Å²) >= 11 is 0. The van der Waals surface area contributed by atoms with Gasteiger partial charge in [-0.3, -0.25) is 10.5 Å². The molecule has 0 aliphatic heterocycles. The zero-order chi connectivity index (χ0) is 11.5. The van der Waals surface area contributed by atoms with Crippen molar-refractivity contribution in [1.29, 1.82) is 5.41 Å². The van der Waals surface area contributed by atoms with Gasteiger partial charge in [-0.2, -0.15) is 0 Å². The summed E-state index contributed by atoms with van der Waals surface area (Å²) in [5.74, 6) is 0.591. The van der Waals surface area contributed by atoms with Crippen LogP contribution >= 0.6 is 0 Å². The van der Waals surface area contributed by atoms with Crippen molar-refractivity contribution < 1.29 is 4.74 Å². The topological polar surface area (TPSA) is 114 Å². The number of aryl methyl sites for hydroxylation is 1. The molecule has 0 radical (unpaired) electrons. The van der Waals surface area contributed by atoms with Crippen LogP contribution in [-0.4, -0.2) is 26.0 Å². The molecular formula is C9H10N6O. The molecule has 0 saturated carbocycles. The third-order valence-corrected chi connectivity index (χ3v) is 1.80. The Bertz CT molecular complexity index is 503. The number of nitrogens with two attached hydrogens (primary N) is 1. The van der Waals surface area contributed by atoms with Gasteiger partial charge in [-0.05, 0) is 6.92 Å². The number of H-pyrrole nitrogens is 1. The maximum absolute atomic E-state index is 7.15. The molecule has 0 aromatic carbocycles. The molecule has 0 bridgehead atoms. The fourth-order valence-corrected chi connectivity index (χ4v) is 1.06. The van der Waals surface area contributed by atoms with Crippen LogP contribution in [-0.2, 0) is 0 Å². The van der Waals surface area contributed by atoms with Crippen molar-refractivity contribution in [1.82, 2.24) is 20.2 Å². The largest absolute Gasteiger partial charge is 0.417 e.